The fraction of sp³-hybridized carbons (Fsp3) is 0.350. The Bertz CT molecular complexity index is 923. The van der Waals surface area contributed by atoms with Crippen LogP contribution >= 0.6 is 0 Å². The van der Waals surface area contributed by atoms with Crippen molar-refractivity contribution in [3.8, 4) is 0 Å². The van der Waals surface area contributed by atoms with Crippen molar-refractivity contribution in [2.45, 2.75) is 24.0 Å². The van der Waals surface area contributed by atoms with E-state index in [1.807, 2.05) is 12.1 Å². The minimum atomic E-state index is -3.50. The van der Waals surface area contributed by atoms with Gasteiger partial charge < -0.3 is 9.64 Å². The van der Waals surface area contributed by atoms with Gasteiger partial charge in [0.2, 0.25) is 10.0 Å². The van der Waals surface area contributed by atoms with Gasteiger partial charge in [0.25, 0.3) is 5.91 Å². The normalized spacial score (nSPS) is 16.8. The monoisotopic (exact) mass is 388 g/mol. The first-order valence-corrected chi connectivity index (χ1v) is 10.2. The van der Waals surface area contributed by atoms with Gasteiger partial charge in [-0.3, -0.25) is 4.79 Å². The van der Waals surface area contributed by atoms with Crippen LogP contribution in [-0.2, 0) is 27.8 Å². The second-order valence-electron chi connectivity index (χ2n) is 6.90. The third-order valence-electron chi connectivity index (χ3n) is 4.74. The number of nitrogens with zero attached hydrogens (tertiary/aromatic N) is 2. The van der Waals surface area contributed by atoms with E-state index in [0.29, 0.717) is 18.7 Å². The van der Waals surface area contributed by atoms with Crippen LogP contribution in [0.15, 0.2) is 53.4 Å². The van der Waals surface area contributed by atoms with E-state index in [1.165, 1.54) is 37.4 Å². The van der Waals surface area contributed by atoms with Crippen LogP contribution in [0.4, 0.5) is 0 Å². The van der Waals surface area contributed by atoms with Crippen molar-refractivity contribution in [1.82, 2.24) is 9.21 Å². The van der Waals surface area contributed by atoms with Crippen LogP contribution in [0.3, 0.4) is 0 Å². The van der Waals surface area contributed by atoms with Crippen molar-refractivity contribution >= 4 is 15.9 Å². The predicted octanol–water partition coefficient (Wildman–Crippen LogP) is 2.15. The Labute approximate surface area is 160 Å². The van der Waals surface area contributed by atoms with E-state index in [4.69, 9.17) is 4.74 Å². The predicted molar refractivity (Wildman–Crippen MR) is 103 cm³/mol. The Kier molecular flexibility index (Phi) is 5.64. The summed E-state index contributed by atoms with van der Waals surface area (Å²) < 4.78 is 31.3. The number of benzene rings is 2. The highest BCUT2D eigenvalue weighted by atomic mass is 32.2. The van der Waals surface area contributed by atoms with Crippen LogP contribution in [0, 0.1) is 0 Å². The highest BCUT2D eigenvalue weighted by molar-refractivity contribution is 7.89. The third-order valence-corrected chi connectivity index (χ3v) is 6.57. The summed E-state index contributed by atoms with van der Waals surface area (Å²) in [5.74, 6) is -0.161. The average molecular weight is 388 g/mol. The van der Waals surface area contributed by atoms with Gasteiger partial charge in [-0.1, -0.05) is 24.3 Å². The van der Waals surface area contributed by atoms with E-state index in [9.17, 15) is 13.2 Å². The quantitative estimate of drug-likeness (QED) is 0.787. The molecule has 0 spiro atoms. The molecule has 3 rings (SSSR count). The van der Waals surface area contributed by atoms with Crippen molar-refractivity contribution in [2.24, 2.45) is 0 Å². The lowest BCUT2D eigenvalue weighted by atomic mass is 9.99. The van der Waals surface area contributed by atoms with Gasteiger partial charge >= 0.3 is 0 Å². The standard InChI is InChI=1S/C20H24N2O4S/c1-21(2)27(24,25)19-10-8-15(9-11-19)20(23)22(3)13-18-12-16-6-4-5-7-17(16)14-26-18/h4-11,18H,12-14H2,1-3H3. The number of carbonyl (C=O) groups is 1. The maximum absolute atomic E-state index is 12.7. The maximum atomic E-state index is 12.7. The number of fused-ring (bicyclic) bond motifs is 1. The molecule has 0 bridgehead atoms. The largest absolute Gasteiger partial charge is 0.371 e. The molecule has 1 unspecified atom stereocenters. The molecule has 1 aliphatic heterocycles. The van der Waals surface area contributed by atoms with Gasteiger partial charge in [-0.2, -0.15) is 0 Å². The Balaban J connectivity index is 1.66. The zero-order valence-electron chi connectivity index (χ0n) is 15.8. The van der Waals surface area contributed by atoms with E-state index in [0.717, 1.165) is 10.7 Å². The minimum Gasteiger partial charge on any atom is -0.371 e. The lowest BCUT2D eigenvalue weighted by Gasteiger charge is -2.29. The van der Waals surface area contributed by atoms with E-state index in [2.05, 4.69) is 12.1 Å². The van der Waals surface area contributed by atoms with E-state index in [1.54, 1.807) is 24.1 Å². The molecular weight excluding hydrogens is 364 g/mol. The van der Waals surface area contributed by atoms with Crippen LogP contribution in [0.25, 0.3) is 0 Å². The number of hydrogen-bond donors (Lipinski definition) is 0. The average Bonchev–Trinajstić information content (AvgIpc) is 2.67. The van der Waals surface area contributed by atoms with Crippen molar-refractivity contribution in [1.29, 1.82) is 0 Å². The summed E-state index contributed by atoms with van der Waals surface area (Å²) in [4.78, 5) is 14.5. The van der Waals surface area contributed by atoms with Gasteiger partial charge in [0, 0.05) is 39.7 Å². The van der Waals surface area contributed by atoms with Crippen LogP contribution in [0.2, 0.25) is 0 Å². The van der Waals surface area contributed by atoms with Crippen LogP contribution in [0.5, 0.6) is 0 Å². The Hall–Kier alpha value is -2.22. The van der Waals surface area contributed by atoms with Gasteiger partial charge in [-0.25, -0.2) is 12.7 Å². The number of amides is 1. The summed E-state index contributed by atoms with van der Waals surface area (Å²) in [5.41, 5.74) is 2.90. The summed E-state index contributed by atoms with van der Waals surface area (Å²) in [5, 5.41) is 0. The van der Waals surface area contributed by atoms with Gasteiger partial charge in [-0.15, -0.1) is 0 Å². The molecule has 0 aliphatic carbocycles. The number of hydrogen-bond acceptors (Lipinski definition) is 4. The Morgan fingerprint density at radius 1 is 1.04 bits per heavy atom. The Morgan fingerprint density at radius 2 is 1.67 bits per heavy atom. The second kappa shape index (κ2) is 7.80. The fourth-order valence-electron chi connectivity index (χ4n) is 3.12. The highest BCUT2D eigenvalue weighted by Crippen LogP contribution is 2.21. The summed E-state index contributed by atoms with van der Waals surface area (Å²) in [6, 6.07) is 14.2. The van der Waals surface area contributed by atoms with Gasteiger partial charge in [-0.05, 0) is 35.4 Å². The highest BCUT2D eigenvalue weighted by Gasteiger charge is 2.23. The first kappa shape index (κ1) is 19.5. The summed E-state index contributed by atoms with van der Waals surface area (Å²) in [6.45, 7) is 1.03. The molecule has 2 aromatic carbocycles. The zero-order chi connectivity index (χ0) is 19.6. The van der Waals surface area contributed by atoms with Crippen LogP contribution in [-0.4, -0.2) is 57.3 Å². The van der Waals surface area contributed by atoms with Crippen molar-refractivity contribution < 1.29 is 17.9 Å². The summed E-state index contributed by atoms with van der Waals surface area (Å²) in [7, 11) is 1.18. The first-order chi connectivity index (χ1) is 12.8. The SMILES string of the molecule is CN(CC1Cc2ccccc2CO1)C(=O)c1ccc(S(=O)(=O)N(C)C)cc1. The molecule has 0 radical (unpaired) electrons. The van der Waals surface area contributed by atoms with Crippen LogP contribution < -0.4 is 0 Å². The number of carbonyl (C=O) groups excluding carboxylic acids is 1. The van der Waals surface area contributed by atoms with Gasteiger partial charge in [0.05, 0.1) is 17.6 Å². The molecule has 7 heteroatoms. The molecule has 0 saturated heterocycles. The molecule has 27 heavy (non-hydrogen) atoms. The molecule has 1 heterocycles. The maximum Gasteiger partial charge on any atom is 0.253 e. The summed E-state index contributed by atoms with van der Waals surface area (Å²) in [6.07, 6.45) is 0.718. The Morgan fingerprint density at radius 3 is 2.30 bits per heavy atom. The molecule has 6 nitrogen and oxygen atoms in total. The van der Waals surface area contributed by atoms with Crippen LogP contribution in [0.1, 0.15) is 21.5 Å². The molecule has 0 N–H and O–H groups in total. The fourth-order valence-corrected chi connectivity index (χ4v) is 4.02. The van der Waals surface area contributed by atoms with E-state index in [-0.39, 0.29) is 16.9 Å². The third kappa shape index (κ3) is 4.21. The molecule has 2 aromatic rings. The second-order valence-corrected chi connectivity index (χ2v) is 9.06. The minimum absolute atomic E-state index is 0.0535. The van der Waals surface area contributed by atoms with Gasteiger partial charge in [0.15, 0.2) is 0 Å². The molecule has 1 aliphatic rings. The molecule has 144 valence electrons. The lowest BCUT2D eigenvalue weighted by molar-refractivity contribution is 0.00985. The molecule has 0 aromatic heterocycles. The van der Waals surface area contributed by atoms with Crippen molar-refractivity contribution in [3.05, 3.63) is 65.2 Å². The molecular formula is C20H24N2O4S. The smallest absolute Gasteiger partial charge is 0.253 e. The summed E-state index contributed by atoms with van der Waals surface area (Å²) >= 11 is 0. The number of ether oxygens (including phenoxy) is 1. The topological polar surface area (TPSA) is 66.9 Å². The van der Waals surface area contributed by atoms with Gasteiger partial charge in [0.1, 0.15) is 0 Å². The van der Waals surface area contributed by atoms with E-state index < -0.39 is 10.0 Å². The van der Waals surface area contributed by atoms with Crippen molar-refractivity contribution in [2.75, 3.05) is 27.7 Å². The number of sulfonamides is 1. The molecule has 0 fully saturated rings. The first-order valence-electron chi connectivity index (χ1n) is 8.75. The number of likely N-dealkylation sites (N-methyl/N-ethyl adjacent to an activating group) is 1. The lowest BCUT2D eigenvalue weighted by Crippen LogP contribution is -2.38. The van der Waals surface area contributed by atoms with Crippen molar-refractivity contribution in [3.63, 3.8) is 0 Å². The van der Waals surface area contributed by atoms with E-state index >= 15 is 0 Å². The molecule has 1 amide bonds. The molecule has 0 saturated carbocycles. The zero-order valence-corrected chi connectivity index (χ0v) is 16.6. The number of rotatable bonds is 5. The molecule has 1 atom stereocenters.